The maximum atomic E-state index is 12.4. The van der Waals surface area contributed by atoms with Crippen LogP contribution in [0, 0.1) is 6.92 Å². The van der Waals surface area contributed by atoms with E-state index in [4.69, 9.17) is 14.2 Å². The number of thioether (sulfide) groups is 2. The van der Waals surface area contributed by atoms with Crippen LogP contribution in [-0.2, 0) is 4.79 Å². The van der Waals surface area contributed by atoms with E-state index in [2.05, 4.69) is 0 Å². The van der Waals surface area contributed by atoms with E-state index in [0.717, 1.165) is 17.1 Å². The highest BCUT2D eigenvalue weighted by atomic mass is 32.2. The number of esters is 1. The molecular weight excluding hydrogens is 368 g/mol. The first-order valence-corrected chi connectivity index (χ1v) is 10.5. The quantitative estimate of drug-likeness (QED) is 0.519. The van der Waals surface area contributed by atoms with Crippen molar-refractivity contribution >= 4 is 29.5 Å². The average Bonchev–Trinajstić information content (AvgIpc) is 3.16. The maximum absolute atomic E-state index is 12.4. The van der Waals surface area contributed by atoms with Crippen LogP contribution in [0.1, 0.15) is 22.6 Å². The summed E-state index contributed by atoms with van der Waals surface area (Å²) in [6.45, 7) is 3.65. The number of methoxy groups -OCH3 is 1. The predicted molar refractivity (Wildman–Crippen MR) is 108 cm³/mol. The summed E-state index contributed by atoms with van der Waals surface area (Å²) in [5, 5.41) is 0. The fourth-order valence-electron chi connectivity index (χ4n) is 2.60. The van der Waals surface area contributed by atoms with Gasteiger partial charge in [-0.05, 0) is 49.2 Å². The van der Waals surface area contributed by atoms with Crippen LogP contribution in [0.2, 0.25) is 0 Å². The van der Waals surface area contributed by atoms with Crippen LogP contribution in [-0.4, -0.2) is 30.7 Å². The molecule has 1 heterocycles. The van der Waals surface area contributed by atoms with E-state index in [9.17, 15) is 4.79 Å². The fraction of sp³-hybridized carbons (Fsp3) is 0.350. The van der Waals surface area contributed by atoms with E-state index in [0.29, 0.717) is 21.8 Å². The molecule has 0 aromatic heterocycles. The number of ether oxygens (including phenoxy) is 3. The summed E-state index contributed by atoms with van der Waals surface area (Å²) in [5.41, 5.74) is 2.25. The second kappa shape index (κ2) is 8.73. The lowest BCUT2D eigenvalue weighted by atomic mass is 10.2. The van der Waals surface area contributed by atoms with Gasteiger partial charge in [0.05, 0.1) is 11.7 Å². The summed E-state index contributed by atoms with van der Waals surface area (Å²) in [6, 6.07) is 13.3. The smallest absolute Gasteiger partial charge is 0.352 e. The van der Waals surface area contributed by atoms with Gasteiger partial charge in [-0.3, -0.25) is 0 Å². The van der Waals surface area contributed by atoms with E-state index in [1.54, 1.807) is 20.1 Å². The molecule has 3 rings (SSSR count). The number of hydrogen-bond donors (Lipinski definition) is 0. The van der Waals surface area contributed by atoms with Crippen molar-refractivity contribution in [2.45, 2.75) is 24.5 Å². The number of hydrogen-bond acceptors (Lipinski definition) is 6. The lowest BCUT2D eigenvalue weighted by molar-refractivity contribution is -0.141. The molecule has 138 valence electrons. The summed E-state index contributed by atoms with van der Waals surface area (Å²) in [5.74, 6) is 3.47. The van der Waals surface area contributed by atoms with Gasteiger partial charge in [-0.1, -0.05) is 18.2 Å². The minimum absolute atomic E-state index is 0.411. The lowest BCUT2D eigenvalue weighted by Gasteiger charge is -2.17. The molecule has 0 N–H and O–H groups in total. The molecule has 0 amide bonds. The average molecular weight is 391 g/mol. The summed E-state index contributed by atoms with van der Waals surface area (Å²) in [7, 11) is 1.58. The van der Waals surface area contributed by atoms with Gasteiger partial charge in [0.15, 0.2) is 17.6 Å². The zero-order valence-electron chi connectivity index (χ0n) is 15.1. The SMILES string of the molecule is COc1cc(C2SCCS2)ccc1OC(=O)C(C)Oc1cccc(C)c1. The predicted octanol–water partition coefficient (Wildman–Crippen LogP) is 4.86. The first-order chi connectivity index (χ1) is 12.6. The Hall–Kier alpha value is -1.79. The summed E-state index contributed by atoms with van der Waals surface area (Å²) >= 11 is 3.84. The van der Waals surface area contributed by atoms with Crippen LogP contribution in [0.3, 0.4) is 0 Å². The fourth-order valence-corrected chi connectivity index (χ4v) is 5.44. The van der Waals surface area contributed by atoms with Crippen LogP contribution in [0.15, 0.2) is 42.5 Å². The highest BCUT2D eigenvalue weighted by Gasteiger charge is 2.22. The van der Waals surface area contributed by atoms with Crippen molar-refractivity contribution in [2.75, 3.05) is 18.6 Å². The molecule has 1 atom stereocenters. The Morgan fingerprint density at radius 2 is 1.88 bits per heavy atom. The van der Waals surface area contributed by atoms with Gasteiger partial charge in [0.2, 0.25) is 0 Å². The Labute approximate surface area is 162 Å². The zero-order chi connectivity index (χ0) is 18.5. The van der Waals surface area contributed by atoms with Crippen molar-refractivity contribution < 1.29 is 19.0 Å². The molecule has 2 aromatic rings. The molecule has 1 aliphatic heterocycles. The molecule has 0 saturated carbocycles. The minimum atomic E-state index is -0.720. The monoisotopic (exact) mass is 390 g/mol. The van der Waals surface area contributed by atoms with Gasteiger partial charge in [-0.15, -0.1) is 23.5 Å². The molecule has 2 aromatic carbocycles. The molecule has 0 aliphatic carbocycles. The Kier molecular flexibility index (Phi) is 6.38. The molecule has 1 saturated heterocycles. The van der Waals surface area contributed by atoms with Crippen molar-refractivity contribution in [3.8, 4) is 17.2 Å². The highest BCUT2D eigenvalue weighted by Crippen LogP contribution is 2.46. The molecule has 1 unspecified atom stereocenters. The van der Waals surface area contributed by atoms with Crippen LogP contribution in [0.4, 0.5) is 0 Å². The molecule has 6 heteroatoms. The third-order valence-corrected chi connectivity index (χ3v) is 7.03. The van der Waals surface area contributed by atoms with Gasteiger partial charge >= 0.3 is 5.97 Å². The third-order valence-electron chi connectivity index (χ3n) is 3.93. The number of benzene rings is 2. The van der Waals surface area contributed by atoms with Crippen molar-refractivity contribution in [2.24, 2.45) is 0 Å². The second-order valence-corrected chi connectivity index (χ2v) is 8.71. The largest absolute Gasteiger partial charge is 0.493 e. The first-order valence-electron chi connectivity index (χ1n) is 8.43. The van der Waals surface area contributed by atoms with E-state index in [1.165, 1.54) is 5.56 Å². The van der Waals surface area contributed by atoms with Crippen molar-refractivity contribution in [1.82, 2.24) is 0 Å². The number of rotatable bonds is 6. The molecule has 1 aliphatic rings. The Bertz CT molecular complexity index is 772. The molecule has 0 radical (unpaired) electrons. The third kappa shape index (κ3) is 4.68. The molecule has 4 nitrogen and oxygen atoms in total. The van der Waals surface area contributed by atoms with Crippen LogP contribution < -0.4 is 14.2 Å². The van der Waals surface area contributed by atoms with Crippen LogP contribution >= 0.6 is 23.5 Å². The van der Waals surface area contributed by atoms with Crippen LogP contribution in [0.25, 0.3) is 0 Å². The molecule has 1 fully saturated rings. The molecule has 0 spiro atoms. The van der Waals surface area contributed by atoms with E-state index >= 15 is 0 Å². The topological polar surface area (TPSA) is 44.8 Å². The number of aryl methyl sites for hydroxylation is 1. The summed E-state index contributed by atoms with van der Waals surface area (Å²) in [6.07, 6.45) is -0.720. The van der Waals surface area contributed by atoms with E-state index in [1.807, 2.05) is 66.8 Å². The number of carbonyl (C=O) groups excluding carboxylic acids is 1. The van der Waals surface area contributed by atoms with Gasteiger partial charge in [-0.2, -0.15) is 0 Å². The maximum Gasteiger partial charge on any atom is 0.352 e. The lowest BCUT2D eigenvalue weighted by Crippen LogP contribution is -2.28. The van der Waals surface area contributed by atoms with Gasteiger partial charge in [-0.25, -0.2) is 4.79 Å². The minimum Gasteiger partial charge on any atom is -0.493 e. The zero-order valence-corrected chi connectivity index (χ0v) is 16.7. The molecule has 26 heavy (non-hydrogen) atoms. The summed E-state index contributed by atoms with van der Waals surface area (Å²) < 4.78 is 17.0. The summed E-state index contributed by atoms with van der Waals surface area (Å²) in [4.78, 5) is 12.4. The van der Waals surface area contributed by atoms with Crippen LogP contribution in [0.5, 0.6) is 17.2 Å². The van der Waals surface area contributed by atoms with Gasteiger partial charge < -0.3 is 14.2 Å². The van der Waals surface area contributed by atoms with E-state index in [-0.39, 0.29) is 0 Å². The molecule has 0 bridgehead atoms. The Morgan fingerprint density at radius 1 is 1.12 bits per heavy atom. The van der Waals surface area contributed by atoms with Crippen molar-refractivity contribution in [3.63, 3.8) is 0 Å². The van der Waals surface area contributed by atoms with Gasteiger partial charge in [0, 0.05) is 11.5 Å². The standard InChI is InChI=1S/C20H22O4S2/c1-13-5-4-6-16(11-13)23-14(2)19(21)24-17-8-7-15(12-18(17)22-3)20-25-9-10-26-20/h4-8,11-12,14,20H,9-10H2,1-3H3. The second-order valence-electron chi connectivity index (χ2n) is 5.98. The highest BCUT2D eigenvalue weighted by molar-refractivity contribution is 8.19. The first kappa shape index (κ1) is 19.0. The van der Waals surface area contributed by atoms with Crippen molar-refractivity contribution in [1.29, 1.82) is 0 Å². The Balaban J connectivity index is 1.67. The molecular formula is C20H22O4S2. The number of carbonyl (C=O) groups is 1. The van der Waals surface area contributed by atoms with Crippen molar-refractivity contribution in [3.05, 3.63) is 53.6 Å². The normalized spacial score (nSPS) is 15.5. The van der Waals surface area contributed by atoms with E-state index < -0.39 is 12.1 Å². The Morgan fingerprint density at radius 3 is 2.58 bits per heavy atom. The van der Waals surface area contributed by atoms with Gasteiger partial charge in [0.25, 0.3) is 0 Å². The van der Waals surface area contributed by atoms with Gasteiger partial charge in [0.1, 0.15) is 5.75 Å².